The van der Waals surface area contributed by atoms with Crippen molar-refractivity contribution >= 4 is 28.8 Å². The highest BCUT2D eigenvalue weighted by Gasteiger charge is 2.31. The molecule has 3 rings (SSSR count). The lowest BCUT2D eigenvalue weighted by Crippen LogP contribution is -2.44. The number of amides is 2. The lowest BCUT2D eigenvalue weighted by atomic mass is 10.1. The van der Waals surface area contributed by atoms with E-state index in [1.54, 1.807) is 25.2 Å². The second-order valence-electron chi connectivity index (χ2n) is 6.75. The van der Waals surface area contributed by atoms with Crippen LogP contribution in [0.15, 0.2) is 23.0 Å². The van der Waals surface area contributed by atoms with Gasteiger partial charge in [-0.2, -0.15) is 0 Å². The number of benzene rings is 1. The Labute approximate surface area is 161 Å². The Morgan fingerprint density at radius 3 is 2.79 bits per heavy atom. The summed E-state index contributed by atoms with van der Waals surface area (Å²) in [6.45, 7) is 0. The molecule has 1 atom stereocenters. The SMILES string of the molecule is Cn1c(=O)n(C2CCC(=O)NC2=O)c2cccc(C#CCCCCC(=O)O)c21. The molecule has 2 amide bonds. The van der Waals surface area contributed by atoms with E-state index in [-0.39, 0.29) is 30.9 Å². The third-order valence-electron chi connectivity index (χ3n) is 4.79. The molecule has 1 aromatic heterocycles. The van der Waals surface area contributed by atoms with Crippen LogP contribution in [0, 0.1) is 11.8 Å². The molecule has 2 heterocycles. The molecule has 0 radical (unpaired) electrons. The maximum atomic E-state index is 12.8. The summed E-state index contributed by atoms with van der Waals surface area (Å²) in [5.41, 5.74) is 1.57. The van der Waals surface area contributed by atoms with Crippen LogP contribution in [0.2, 0.25) is 0 Å². The molecular formula is C20H21N3O5. The molecule has 1 fully saturated rings. The van der Waals surface area contributed by atoms with Crippen molar-refractivity contribution in [3.8, 4) is 11.8 Å². The molecule has 1 aromatic carbocycles. The maximum absolute atomic E-state index is 12.8. The standard InChI is InChI=1S/C20H21N3O5/c1-22-18-13(7-4-2-3-5-10-17(25)26)8-6-9-14(18)23(20(22)28)15-11-12-16(24)21-19(15)27/h6,8-9,15H,2-3,5,10-12H2,1H3,(H,25,26)(H,21,24,27). The van der Waals surface area contributed by atoms with Crippen LogP contribution in [0.3, 0.4) is 0 Å². The van der Waals surface area contributed by atoms with Crippen molar-refractivity contribution in [1.29, 1.82) is 0 Å². The molecule has 1 aliphatic rings. The fourth-order valence-electron chi connectivity index (χ4n) is 3.42. The average molecular weight is 383 g/mol. The normalized spacial score (nSPS) is 16.5. The summed E-state index contributed by atoms with van der Waals surface area (Å²) < 4.78 is 2.89. The molecule has 1 unspecified atom stereocenters. The highest BCUT2D eigenvalue weighted by molar-refractivity contribution is 6.00. The highest BCUT2D eigenvalue weighted by atomic mass is 16.4. The molecule has 0 aliphatic carbocycles. The Bertz CT molecular complexity index is 1070. The zero-order chi connectivity index (χ0) is 20.3. The first-order valence-corrected chi connectivity index (χ1v) is 9.14. The van der Waals surface area contributed by atoms with Gasteiger partial charge in [0.2, 0.25) is 11.8 Å². The Morgan fingerprint density at radius 2 is 2.07 bits per heavy atom. The van der Waals surface area contributed by atoms with Gasteiger partial charge in [-0.25, -0.2) is 4.79 Å². The Balaban J connectivity index is 1.91. The number of rotatable bonds is 5. The summed E-state index contributed by atoms with van der Waals surface area (Å²) in [6.07, 6.45) is 2.41. The van der Waals surface area contributed by atoms with E-state index in [9.17, 15) is 19.2 Å². The summed E-state index contributed by atoms with van der Waals surface area (Å²) in [5.74, 6) is 4.46. The van der Waals surface area contributed by atoms with Crippen molar-refractivity contribution in [2.45, 2.75) is 44.6 Å². The Morgan fingerprint density at radius 1 is 1.29 bits per heavy atom. The third kappa shape index (κ3) is 3.83. The van der Waals surface area contributed by atoms with E-state index in [2.05, 4.69) is 17.2 Å². The van der Waals surface area contributed by atoms with Crippen molar-refractivity contribution in [3.05, 3.63) is 34.2 Å². The maximum Gasteiger partial charge on any atom is 0.329 e. The van der Waals surface area contributed by atoms with Crippen LogP contribution in [-0.4, -0.2) is 32.0 Å². The fraction of sp³-hybridized carbons (Fsp3) is 0.400. The number of carboxylic acids is 1. The molecule has 28 heavy (non-hydrogen) atoms. The zero-order valence-electron chi connectivity index (χ0n) is 15.5. The van der Waals surface area contributed by atoms with Crippen LogP contribution in [0.1, 0.15) is 50.1 Å². The van der Waals surface area contributed by atoms with Gasteiger partial charge in [0.25, 0.3) is 0 Å². The predicted octanol–water partition coefficient (Wildman–Crippen LogP) is 1.31. The van der Waals surface area contributed by atoms with Crippen LogP contribution >= 0.6 is 0 Å². The zero-order valence-corrected chi connectivity index (χ0v) is 15.5. The molecule has 2 aromatic rings. The number of carbonyl (C=O) groups excluding carboxylic acids is 2. The van der Waals surface area contributed by atoms with Gasteiger partial charge in [0.05, 0.1) is 16.6 Å². The van der Waals surface area contributed by atoms with Gasteiger partial charge in [-0.3, -0.25) is 28.8 Å². The van der Waals surface area contributed by atoms with Crippen LogP contribution in [0.5, 0.6) is 0 Å². The number of aryl methyl sites for hydroxylation is 1. The third-order valence-corrected chi connectivity index (χ3v) is 4.79. The number of nitrogens with zero attached hydrogens (tertiary/aromatic N) is 2. The molecule has 0 bridgehead atoms. The molecule has 2 N–H and O–H groups in total. The molecule has 8 heteroatoms. The van der Waals surface area contributed by atoms with Gasteiger partial charge in [0, 0.05) is 26.3 Å². The largest absolute Gasteiger partial charge is 0.481 e. The molecule has 0 saturated carbocycles. The summed E-state index contributed by atoms with van der Waals surface area (Å²) in [6, 6.07) is 4.62. The number of unbranched alkanes of at least 4 members (excludes halogenated alkanes) is 2. The molecule has 1 aliphatic heterocycles. The van der Waals surface area contributed by atoms with Crippen LogP contribution in [0.25, 0.3) is 11.0 Å². The molecular weight excluding hydrogens is 362 g/mol. The number of fused-ring (bicyclic) bond motifs is 1. The van der Waals surface area contributed by atoms with E-state index < -0.39 is 17.9 Å². The monoisotopic (exact) mass is 383 g/mol. The number of imidazole rings is 1. The second-order valence-corrected chi connectivity index (χ2v) is 6.75. The van der Waals surface area contributed by atoms with Crippen LogP contribution in [0.4, 0.5) is 0 Å². The number of imide groups is 1. The first kappa shape index (κ1) is 19.4. The van der Waals surface area contributed by atoms with E-state index in [4.69, 9.17) is 5.11 Å². The predicted molar refractivity (Wildman–Crippen MR) is 102 cm³/mol. The Hall–Kier alpha value is -3.34. The number of aliphatic carboxylic acids is 1. The molecule has 8 nitrogen and oxygen atoms in total. The molecule has 1 saturated heterocycles. The number of carbonyl (C=O) groups is 3. The first-order chi connectivity index (χ1) is 13.4. The van der Waals surface area contributed by atoms with Crippen molar-refractivity contribution < 1.29 is 19.5 Å². The van der Waals surface area contributed by atoms with Gasteiger partial charge in [0.1, 0.15) is 6.04 Å². The van der Waals surface area contributed by atoms with Gasteiger partial charge in [0.15, 0.2) is 0 Å². The van der Waals surface area contributed by atoms with E-state index in [1.807, 2.05) is 0 Å². The summed E-state index contributed by atoms with van der Waals surface area (Å²) in [7, 11) is 1.63. The van der Waals surface area contributed by atoms with Gasteiger partial charge in [-0.1, -0.05) is 17.9 Å². The first-order valence-electron chi connectivity index (χ1n) is 9.14. The van der Waals surface area contributed by atoms with Crippen molar-refractivity contribution in [3.63, 3.8) is 0 Å². The summed E-state index contributed by atoms with van der Waals surface area (Å²) in [5, 5.41) is 10.9. The number of carboxylic acid groups (broad SMARTS) is 1. The summed E-state index contributed by atoms with van der Waals surface area (Å²) >= 11 is 0. The number of nitrogens with one attached hydrogen (secondary N) is 1. The van der Waals surface area contributed by atoms with Crippen molar-refractivity contribution in [2.75, 3.05) is 0 Å². The van der Waals surface area contributed by atoms with Gasteiger partial charge in [-0.05, 0) is 31.4 Å². The van der Waals surface area contributed by atoms with Crippen molar-refractivity contribution in [2.24, 2.45) is 7.05 Å². The molecule has 0 spiro atoms. The number of hydrogen-bond donors (Lipinski definition) is 2. The Kier molecular flexibility index (Phi) is 5.64. The minimum absolute atomic E-state index is 0.126. The number of para-hydroxylation sites is 1. The lowest BCUT2D eigenvalue weighted by molar-refractivity contribution is -0.137. The van der Waals surface area contributed by atoms with Crippen LogP contribution < -0.4 is 11.0 Å². The van der Waals surface area contributed by atoms with E-state index >= 15 is 0 Å². The van der Waals surface area contributed by atoms with Gasteiger partial charge in [-0.15, -0.1) is 0 Å². The number of aromatic nitrogens is 2. The summed E-state index contributed by atoms with van der Waals surface area (Å²) in [4.78, 5) is 47.0. The topological polar surface area (TPSA) is 110 Å². The fourth-order valence-corrected chi connectivity index (χ4v) is 3.42. The van der Waals surface area contributed by atoms with E-state index in [1.165, 1.54) is 9.13 Å². The lowest BCUT2D eigenvalue weighted by Gasteiger charge is -2.21. The number of piperidine rings is 1. The van der Waals surface area contributed by atoms with Gasteiger partial charge >= 0.3 is 11.7 Å². The minimum atomic E-state index is -0.817. The number of hydrogen-bond acceptors (Lipinski definition) is 4. The quantitative estimate of drug-likeness (QED) is 0.460. The minimum Gasteiger partial charge on any atom is -0.481 e. The van der Waals surface area contributed by atoms with E-state index in [0.717, 1.165) is 0 Å². The average Bonchev–Trinajstić information content (AvgIpc) is 2.90. The smallest absolute Gasteiger partial charge is 0.329 e. The van der Waals surface area contributed by atoms with E-state index in [0.29, 0.717) is 35.9 Å². The highest BCUT2D eigenvalue weighted by Crippen LogP contribution is 2.24. The second kappa shape index (κ2) is 8.13. The van der Waals surface area contributed by atoms with Crippen LogP contribution in [-0.2, 0) is 21.4 Å². The van der Waals surface area contributed by atoms with Gasteiger partial charge < -0.3 is 5.11 Å². The molecule has 146 valence electrons. The van der Waals surface area contributed by atoms with Crippen molar-refractivity contribution in [1.82, 2.24) is 14.5 Å².